The lowest BCUT2D eigenvalue weighted by Gasteiger charge is -2.01. The van der Waals surface area contributed by atoms with E-state index in [1.165, 1.54) is 0 Å². The number of aromatic amines is 1. The molecular formula is C11H12N6O. The van der Waals surface area contributed by atoms with Crippen LogP contribution in [0.4, 0.5) is 5.95 Å². The number of anilines is 1. The molecule has 18 heavy (non-hydrogen) atoms. The summed E-state index contributed by atoms with van der Waals surface area (Å²) < 4.78 is 0. The van der Waals surface area contributed by atoms with Gasteiger partial charge in [0.15, 0.2) is 0 Å². The van der Waals surface area contributed by atoms with Crippen LogP contribution in [-0.2, 0) is 0 Å². The minimum absolute atomic E-state index is 0.203. The van der Waals surface area contributed by atoms with Crippen molar-refractivity contribution in [3.8, 4) is 0 Å². The number of hydrazone groups is 1. The normalized spacial score (nSPS) is 11.3. The Morgan fingerprint density at radius 3 is 2.94 bits per heavy atom. The Kier molecular flexibility index (Phi) is 3.42. The van der Waals surface area contributed by atoms with Gasteiger partial charge >= 0.3 is 0 Å². The molecule has 0 saturated carbocycles. The number of aromatic nitrogens is 4. The lowest BCUT2D eigenvalue weighted by atomic mass is 10.2. The van der Waals surface area contributed by atoms with E-state index in [4.69, 9.17) is 0 Å². The van der Waals surface area contributed by atoms with Gasteiger partial charge in [-0.2, -0.15) is 5.10 Å². The highest BCUT2D eigenvalue weighted by Crippen LogP contribution is 1.99. The Hall–Kier alpha value is -2.57. The van der Waals surface area contributed by atoms with Crippen LogP contribution in [0, 0.1) is 6.92 Å². The molecule has 2 heterocycles. The first kappa shape index (κ1) is 11.9. The van der Waals surface area contributed by atoms with Crippen LogP contribution in [0.25, 0.3) is 0 Å². The topological polar surface area (TPSA) is 95.9 Å². The lowest BCUT2D eigenvalue weighted by Crippen LogP contribution is -2.16. The maximum atomic E-state index is 11.3. The predicted molar refractivity (Wildman–Crippen MR) is 67.5 cm³/mol. The molecule has 0 aromatic carbocycles. The number of hydrogen-bond donors (Lipinski definition) is 2. The fourth-order valence-electron chi connectivity index (χ4n) is 1.22. The minimum Gasteiger partial charge on any atom is -0.288 e. The van der Waals surface area contributed by atoms with Crippen LogP contribution in [0.15, 0.2) is 34.4 Å². The van der Waals surface area contributed by atoms with Gasteiger partial charge in [-0.15, -0.1) is 10.2 Å². The third-order valence-corrected chi connectivity index (χ3v) is 2.27. The van der Waals surface area contributed by atoms with Crippen LogP contribution in [0.1, 0.15) is 18.2 Å². The first-order valence-corrected chi connectivity index (χ1v) is 5.31. The molecule has 0 saturated heterocycles. The van der Waals surface area contributed by atoms with Gasteiger partial charge in [0.2, 0.25) is 5.95 Å². The lowest BCUT2D eigenvalue weighted by molar-refractivity contribution is 0.897. The van der Waals surface area contributed by atoms with E-state index in [2.05, 4.69) is 30.7 Å². The van der Waals surface area contributed by atoms with Crippen LogP contribution in [0.5, 0.6) is 0 Å². The molecule has 0 aliphatic rings. The fraction of sp³-hybridized carbons (Fsp3) is 0.182. The van der Waals surface area contributed by atoms with Gasteiger partial charge in [-0.05, 0) is 19.9 Å². The Labute approximate surface area is 103 Å². The van der Waals surface area contributed by atoms with Crippen molar-refractivity contribution in [2.45, 2.75) is 13.8 Å². The smallest absolute Gasteiger partial charge is 0.274 e. The highest BCUT2D eigenvalue weighted by Gasteiger charge is 2.00. The average Bonchev–Trinajstić information content (AvgIpc) is 2.41. The third-order valence-electron chi connectivity index (χ3n) is 2.27. The molecule has 0 fully saturated rings. The second kappa shape index (κ2) is 5.17. The van der Waals surface area contributed by atoms with Gasteiger partial charge in [-0.25, -0.2) is 5.43 Å². The van der Waals surface area contributed by atoms with E-state index < -0.39 is 0 Å². The standard InChI is InChI=1S/C11H12N6O/c1-7(9-4-3-5-12-6-9)14-16-11-13-10(18)8(2)15-17-11/h3-6H,1-2H3,(H2,13,16,17,18)/b14-7-. The van der Waals surface area contributed by atoms with Crippen LogP contribution < -0.4 is 11.0 Å². The number of nitrogens with one attached hydrogen (secondary N) is 2. The van der Waals surface area contributed by atoms with Crippen LogP contribution in [-0.4, -0.2) is 25.9 Å². The van der Waals surface area contributed by atoms with E-state index in [0.29, 0.717) is 5.69 Å². The molecule has 0 amide bonds. The number of rotatable bonds is 3. The van der Waals surface area contributed by atoms with E-state index in [1.54, 1.807) is 19.3 Å². The van der Waals surface area contributed by atoms with Gasteiger partial charge in [-0.1, -0.05) is 6.07 Å². The summed E-state index contributed by atoms with van der Waals surface area (Å²) in [7, 11) is 0. The van der Waals surface area contributed by atoms with E-state index in [0.717, 1.165) is 11.3 Å². The van der Waals surface area contributed by atoms with E-state index >= 15 is 0 Å². The van der Waals surface area contributed by atoms with E-state index in [9.17, 15) is 4.79 Å². The van der Waals surface area contributed by atoms with Crippen molar-refractivity contribution in [3.05, 3.63) is 46.1 Å². The first-order valence-electron chi connectivity index (χ1n) is 5.31. The van der Waals surface area contributed by atoms with Crippen molar-refractivity contribution in [1.82, 2.24) is 20.2 Å². The molecule has 0 aliphatic carbocycles. The van der Waals surface area contributed by atoms with Gasteiger partial charge < -0.3 is 0 Å². The molecule has 0 bridgehead atoms. The Morgan fingerprint density at radius 1 is 1.44 bits per heavy atom. The minimum atomic E-state index is -0.290. The molecule has 0 atom stereocenters. The first-order chi connectivity index (χ1) is 8.66. The van der Waals surface area contributed by atoms with Crippen molar-refractivity contribution in [2.75, 3.05) is 5.43 Å². The van der Waals surface area contributed by atoms with Crippen molar-refractivity contribution < 1.29 is 0 Å². The zero-order valence-electron chi connectivity index (χ0n) is 10.0. The summed E-state index contributed by atoms with van der Waals surface area (Å²) in [6.45, 7) is 3.41. The zero-order valence-corrected chi connectivity index (χ0v) is 10.0. The van der Waals surface area contributed by atoms with Gasteiger partial charge in [0.25, 0.3) is 5.56 Å². The quantitative estimate of drug-likeness (QED) is 0.612. The van der Waals surface area contributed by atoms with Gasteiger partial charge in [0, 0.05) is 18.0 Å². The summed E-state index contributed by atoms with van der Waals surface area (Å²) in [6.07, 6.45) is 3.39. The van der Waals surface area contributed by atoms with Crippen molar-refractivity contribution >= 4 is 11.7 Å². The summed E-state index contributed by atoms with van der Waals surface area (Å²) in [5.74, 6) is 0.203. The molecule has 2 N–H and O–H groups in total. The largest absolute Gasteiger partial charge is 0.288 e. The Morgan fingerprint density at radius 2 is 2.28 bits per heavy atom. The van der Waals surface area contributed by atoms with Gasteiger partial charge in [0.1, 0.15) is 5.69 Å². The number of pyridine rings is 1. The summed E-state index contributed by atoms with van der Waals surface area (Å²) in [5.41, 5.74) is 4.28. The third kappa shape index (κ3) is 2.76. The highest BCUT2D eigenvalue weighted by molar-refractivity contribution is 5.98. The van der Waals surface area contributed by atoms with Gasteiger partial charge in [0.05, 0.1) is 5.71 Å². The molecule has 2 aromatic rings. The van der Waals surface area contributed by atoms with E-state index in [-0.39, 0.29) is 11.5 Å². The Balaban J connectivity index is 2.15. The number of hydrogen-bond acceptors (Lipinski definition) is 6. The molecule has 0 spiro atoms. The predicted octanol–water partition coefficient (Wildman–Crippen LogP) is 0.704. The molecule has 2 rings (SSSR count). The maximum Gasteiger partial charge on any atom is 0.274 e. The number of aryl methyl sites for hydroxylation is 1. The van der Waals surface area contributed by atoms with E-state index in [1.807, 2.05) is 19.1 Å². The molecule has 92 valence electrons. The molecule has 7 heteroatoms. The zero-order chi connectivity index (χ0) is 13.0. The average molecular weight is 244 g/mol. The van der Waals surface area contributed by atoms with Crippen LogP contribution in [0.2, 0.25) is 0 Å². The van der Waals surface area contributed by atoms with Crippen LogP contribution in [0.3, 0.4) is 0 Å². The number of H-pyrrole nitrogens is 1. The van der Waals surface area contributed by atoms with Gasteiger partial charge in [-0.3, -0.25) is 14.8 Å². The van der Waals surface area contributed by atoms with Crippen molar-refractivity contribution in [3.63, 3.8) is 0 Å². The van der Waals surface area contributed by atoms with Crippen molar-refractivity contribution in [1.29, 1.82) is 0 Å². The SMILES string of the molecule is C/C(=N/Nc1nnc(C)c(=O)[nH]1)c1cccnc1. The van der Waals surface area contributed by atoms with Crippen molar-refractivity contribution in [2.24, 2.45) is 5.10 Å². The summed E-state index contributed by atoms with van der Waals surface area (Å²) in [5, 5.41) is 11.5. The fourth-order valence-corrected chi connectivity index (χ4v) is 1.22. The summed E-state index contributed by atoms with van der Waals surface area (Å²) in [4.78, 5) is 17.8. The monoisotopic (exact) mass is 244 g/mol. The molecule has 0 aliphatic heterocycles. The maximum absolute atomic E-state index is 11.3. The summed E-state index contributed by atoms with van der Waals surface area (Å²) in [6, 6.07) is 3.71. The Bertz CT molecular complexity index is 619. The molecule has 7 nitrogen and oxygen atoms in total. The second-order valence-electron chi connectivity index (χ2n) is 3.64. The number of nitrogens with zero attached hydrogens (tertiary/aromatic N) is 4. The molecule has 0 unspecified atom stereocenters. The molecule has 2 aromatic heterocycles. The van der Waals surface area contributed by atoms with Crippen LogP contribution >= 0.6 is 0 Å². The molecular weight excluding hydrogens is 232 g/mol. The highest BCUT2D eigenvalue weighted by atomic mass is 16.1. The summed E-state index contributed by atoms with van der Waals surface area (Å²) >= 11 is 0. The second-order valence-corrected chi connectivity index (χ2v) is 3.64. The molecule has 0 radical (unpaired) electrons.